The molecule has 104 valence electrons. The second-order valence-electron chi connectivity index (χ2n) is 3.86. The fourth-order valence-corrected chi connectivity index (χ4v) is 2.35. The minimum atomic E-state index is -1.17. The minimum absolute atomic E-state index is 0.0376. The Kier molecular flexibility index (Phi) is 3.53. The molecule has 8 nitrogen and oxygen atoms in total. The van der Waals surface area contributed by atoms with Crippen molar-refractivity contribution in [2.75, 3.05) is 5.32 Å². The first kappa shape index (κ1) is 13.7. The maximum absolute atomic E-state index is 11.9. The van der Waals surface area contributed by atoms with Crippen LogP contribution >= 0.6 is 11.3 Å². The Morgan fingerprint density at radius 2 is 2.15 bits per heavy atom. The molecule has 0 saturated carbocycles. The molecular formula is C11H9N3O5S. The lowest BCUT2D eigenvalue weighted by atomic mass is 10.2. The van der Waals surface area contributed by atoms with Crippen LogP contribution in [0, 0.1) is 17.0 Å². The number of amides is 1. The van der Waals surface area contributed by atoms with Crippen LogP contribution in [-0.2, 0) is 0 Å². The fraction of sp³-hybridized carbons (Fsp3) is 0.0909. The number of rotatable bonds is 4. The Morgan fingerprint density at radius 1 is 1.45 bits per heavy atom. The predicted octanol–water partition coefficient (Wildman–Crippen LogP) is 2.24. The number of nitrogens with zero attached hydrogens (tertiary/aromatic N) is 1. The van der Waals surface area contributed by atoms with Gasteiger partial charge in [-0.2, -0.15) is 0 Å². The van der Waals surface area contributed by atoms with E-state index in [4.69, 9.17) is 5.11 Å². The van der Waals surface area contributed by atoms with Gasteiger partial charge < -0.3 is 15.4 Å². The van der Waals surface area contributed by atoms with E-state index in [0.29, 0.717) is 5.69 Å². The van der Waals surface area contributed by atoms with Crippen LogP contribution in [0.3, 0.4) is 0 Å². The van der Waals surface area contributed by atoms with E-state index in [-0.39, 0.29) is 21.1 Å². The molecule has 0 atom stereocenters. The van der Waals surface area contributed by atoms with Gasteiger partial charge in [0.2, 0.25) is 0 Å². The summed E-state index contributed by atoms with van der Waals surface area (Å²) in [4.78, 5) is 35.7. The molecule has 0 spiro atoms. The summed E-state index contributed by atoms with van der Waals surface area (Å²) in [5.41, 5.74) is 0.491. The Balaban J connectivity index is 2.23. The number of thiophene rings is 1. The van der Waals surface area contributed by atoms with E-state index in [1.54, 1.807) is 6.92 Å². The lowest BCUT2D eigenvalue weighted by Crippen LogP contribution is -2.12. The molecule has 2 heterocycles. The van der Waals surface area contributed by atoms with Crippen molar-refractivity contribution in [3.8, 4) is 0 Å². The summed E-state index contributed by atoms with van der Waals surface area (Å²) in [6, 6.07) is 2.54. The number of carbonyl (C=O) groups is 2. The van der Waals surface area contributed by atoms with E-state index in [1.807, 2.05) is 0 Å². The van der Waals surface area contributed by atoms with Crippen LogP contribution < -0.4 is 5.32 Å². The van der Waals surface area contributed by atoms with E-state index in [9.17, 15) is 19.7 Å². The molecule has 0 aromatic carbocycles. The van der Waals surface area contributed by atoms with Crippen molar-refractivity contribution in [1.29, 1.82) is 0 Å². The Bertz CT molecular complexity index is 703. The van der Waals surface area contributed by atoms with Gasteiger partial charge in [0.05, 0.1) is 15.5 Å². The number of aromatic carboxylic acids is 1. The number of nitro groups is 1. The first-order valence-corrected chi connectivity index (χ1v) is 6.18. The largest absolute Gasteiger partial charge is 0.478 e. The summed E-state index contributed by atoms with van der Waals surface area (Å²) in [5, 5.41) is 21.8. The van der Waals surface area contributed by atoms with Crippen molar-refractivity contribution in [3.05, 3.63) is 44.6 Å². The van der Waals surface area contributed by atoms with Crippen LogP contribution in [-0.4, -0.2) is 26.9 Å². The number of anilines is 1. The molecule has 2 aromatic heterocycles. The zero-order valence-corrected chi connectivity index (χ0v) is 11.0. The average Bonchev–Trinajstić information content (AvgIpc) is 2.96. The van der Waals surface area contributed by atoms with Gasteiger partial charge in [-0.15, -0.1) is 0 Å². The van der Waals surface area contributed by atoms with Gasteiger partial charge in [-0.1, -0.05) is 11.3 Å². The molecule has 2 aromatic rings. The number of hydrogen-bond acceptors (Lipinski definition) is 5. The van der Waals surface area contributed by atoms with Gasteiger partial charge in [-0.25, -0.2) is 4.79 Å². The van der Waals surface area contributed by atoms with E-state index in [1.165, 1.54) is 18.3 Å². The van der Waals surface area contributed by atoms with Crippen molar-refractivity contribution in [2.45, 2.75) is 6.92 Å². The number of nitrogens with one attached hydrogen (secondary N) is 2. The predicted molar refractivity (Wildman–Crippen MR) is 71.4 cm³/mol. The fourth-order valence-electron chi connectivity index (χ4n) is 1.63. The summed E-state index contributed by atoms with van der Waals surface area (Å²) in [6.07, 6.45) is 1.36. The summed E-state index contributed by atoms with van der Waals surface area (Å²) < 4.78 is 0. The highest BCUT2D eigenvalue weighted by atomic mass is 32.1. The molecule has 0 aliphatic rings. The molecule has 0 aliphatic heterocycles. The number of aromatic amines is 1. The third kappa shape index (κ3) is 2.52. The average molecular weight is 295 g/mol. The molecular weight excluding hydrogens is 286 g/mol. The van der Waals surface area contributed by atoms with Crippen LogP contribution in [0.2, 0.25) is 0 Å². The van der Waals surface area contributed by atoms with Crippen molar-refractivity contribution < 1.29 is 19.6 Å². The molecule has 9 heteroatoms. The SMILES string of the molecule is Cc1[nH]cc(NC(=O)c2ccc([N+](=O)[O-])s2)c1C(=O)O. The molecule has 0 fully saturated rings. The van der Waals surface area contributed by atoms with E-state index in [2.05, 4.69) is 10.3 Å². The topological polar surface area (TPSA) is 125 Å². The van der Waals surface area contributed by atoms with Crippen LogP contribution in [0.25, 0.3) is 0 Å². The van der Waals surface area contributed by atoms with Gasteiger partial charge in [0, 0.05) is 18.0 Å². The molecule has 20 heavy (non-hydrogen) atoms. The van der Waals surface area contributed by atoms with Gasteiger partial charge >= 0.3 is 11.0 Å². The van der Waals surface area contributed by atoms with Gasteiger partial charge in [0.25, 0.3) is 5.91 Å². The number of aromatic nitrogens is 1. The summed E-state index contributed by atoms with van der Waals surface area (Å²) >= 11 is 0.721. The number of hydrogen-bond donors (Lipinski definition) is 3. The van der Waals surface area contributed by atoms with Crippen LogP contribution in [0.4, 0.5) is 10.7 Å². The molecule has 0 saturated heterocycles. The van der Waals surface area contributed by atoms with Crippen LogP contribution in [0.1, 0.15) is 25.7 Å². The number of H-pyrrole nitrogens is 1. The first-order chi connectivity index (χ1) is 9.40. The lowest BCUT2D eigenvalue weighted by Gasteiger charge is -2.02. The van der Waals surface area contributed by atoms with E-state index < -0.39 is 16.8 Å². The third-order valence-corrected chi connectivity index (χ3v) is 3.57. The normalized spacial score (nSPS) is 10.2. The molecule has 2 rings (SSSR count). The smallest absolute Gasteiger partial charge is 0.339 e. The van der Waals surface area contributed by atoms with Crippen molar-refractivity contribution >= 4 is 33.9 Å². The van der Waals surface area contributed by atoms with E-state index in [0.717, 1.165) is 11.3 Å². The molecule has 0 bridgehead atoms. The van der Waals surface area contributed by atoms with Crippen molar-refractivity contribution in [3.63, 3.8) is 0 Å². The van der Waals surface area contributed by atoms with Gasteiger partial charge in [0.15, 0.2) is 0 Å². The van der Waals surface area contributed by atoms with Crippen LogP contribution in [0.5, 0.6) is 0 Å². The highest BCUT2D eigenvalue weighted by molar-refractivity contribution is 7.17. The molecule has 0 radical (unpaired) electrons. The van der Waals surface area contributed by atoms with E-state index >= 15 is 0 Å². The molecule has 3 N–H and O–H groups in total. The lowest BCUT2D eigenvalue weighted by molar-refractivity contribution is -0.380. The second kappa shape index (κ2) is 5.13. The Hall–Kier alpha value is -2.68. The maximum atomic E-state index is 11.9. The van der Waals surface area contributed by atoms with Gasteiger partial charge in [-0.3, -0.25) is 14.9 Å². The zero-order chi connectivity index (χ0) is 14.9. The number of carboxylic acid groups (broad SMARTS) is 1. The summed E-state index contributed by atoms with van der Waals surface area (Å²) in [5.74, 6) is -1.76. The Morgan fingerprint density at radius 3 is 2.70 bits per heavy atom. The van der Waals surface area contributed by atoms with Gasteiger partial charge in [-0.05, 0) is 13.0 Å². The third-order valence-electron chi connectivity index (χ3n) is 2.53. The second-order valence-corrected chi connectivity index (χ2v) is 4.92. The highest BCUT2D eigenvalue weighted by Crippen LogP contribution is 2.26. The molecule has 0 aliphatic carbocycles. The number of aryl methyl sites for hydroxylation is 1. The molecule has 0 unspecified atom stereocenters. The monoisotopic (exact) mass is 295 g/mol. The zero-order valence-electron chi connectivity index (χ0n) is 10.2. The highest BCUT2D eigenvalue weighted by Gasteiger charge is 2.20. The minimum Gasteiger partial charge on any atom is -0.478 e. The summed E-state index contributed by atoms with van der Waals surface area (Å²) in [6.45, 7) is 1.56. The number of carboxylic acids is 1. The maximum Gasteiger partial charge on any atom is 0.339 e. The number of carbonyl (C=O) groups excluding carboxylic acids is 1. The molecule has 1 amide bonds. The summed E-state index contributed by atoms with van der Waals surface area (Å²) in [7, 11) is 0. The van der Waals surface area contributed by atoms with Gasteiger partial charge in [0.1, 0.15) is 5.56 Å². The standard InChI is InChI=1S/C11H9N3O5S/c1-5-9(11(16)17)6(4-12-5)13-10(15)7-2-3-8(20-7)14(18)19/h2-4,12H,1H3,(H,13,15)(H,16,17). The van der Waals surface area contributed by atoms with Crippen LogP contribution in [0.15, 0.2) is 18.3 Å². The first-order valence-electron chi connectivity index (χ1n) is 5.37. The van der Waals surface area contributed by atoms with Crippen molar-refractivity contribution in [2.24, 2.45) is 0 Å². The Labute approximate surface area is 116 Å². The quantitative estimate of drug-likeness (QED) is 0.589. The van der Waals surface area contributed by atoms with Crippen molar-refractivity contribution in [1.82, 2.24) is 4.98 Å².